The van der Waals surface area contributed by atoms with Crippen molar-refractivity contribution < 1.29 is 19.0 Å². The number of halogens is 1. The summed E-state index contributed by atoms with van der Waals surface area (Å²) in [5.41, 5.74) is 0.446. The molecule has 1 N–H and O–H groups in total. The van der Waals surface area contributed by atoms with Crippen LogP contribution in [-0.2, 0) is 4.79 Å². The standard InChI is InChI=1S/C11H11FO3/c1-15-6-2-3-10(12)8(4-6)7-5-9(7)11(13)14/h2-4,7,9H,5H2,1H3,(H,13,14)/t7?,9-/m1/s1. The van der Waals surface area contributed by atoms with Crippen LogP contribution in [0, 0.1) is 11.7 Å². The van der Waals surface area contributed by atoms with E-state index >= 15 is 0 Å². The molecular formula is C11H11FO3. The van der Waals surface area contributed by atoms with Crippen molar-refractivity contribution in [3.05, 3.63) is 29.6 Å². The van der Waals surface area contributed by atoms with E-state index in [1.165, 1.54) is 19.2 Å². The highest BCUT2D eigenvalue weighted by Crippen LogP contribution is 2.48. The van der Waals surface area contributed by atoms with Gasteiger partial charge in [-0.25, -0.2) is 4.39 Å². The Labute approximate surface area is 86.5 Å². The number of carboxylic acid groups (broad SMARTS) is 1. The fraction of sp³-hybridized carbons (Fsp3) is 0.364. The fourth-order valence-electron chi connectivity index (χ4n) is 1.74. The molecule has 2 atom stereocenters. The van der Waals surface area contributed by atoms with Gasteiger partial charge in [-0.05, 0) is 30.2 Å². The molecular weight excluding hydrogens is 199 g/mol. The Balaban J connectivity index is 2.25. The van der Waals surface area contributed by atoms with E-state index in [0.29, 0.717) is 17.7 Å². The van der Waals surface area contributed by atoms with Crippen molar-refractivity contribution in [3.8, 4) is 5.75 Å². The van der Waals surface area contributed by atoms with Crippen LogP contribution in [-0.4, -0.2) is 18.2 Å². The predicted molar refractivity (Wildman–Crippen MR) is 51.4 cm³/mol. The summed E-state index contributed by atoms with van der Waals surface area (Å²) in [5, 5.41) is 8.75. The quantitative estimate of drug-likeness (QED) is 0.830. The van der Waals surface area contributed by atoms with Gasteiger partial charge in [0.2, 0.25) is 0 Å². The van der Waals surface area contributed by atoms with Gasteiger partial charge in [0.25, 0.3) is 0 Å². The Morgan fingerprint density at radius 2 is 2.33 bits per heavy atom. The average Bonchev–Trinajstić information content (AvgIpc) is 2.98. The Hall–Kier alpha value is -1.58. The van der Waals surface area contributed by atoms with Crippen LogP contribution in [0.15, 0.2) is 18.2 Å². The van der Waals surface area contributed by atoms with Crippen LogP contribution in [0.25, 0.3) is 0 Å². The molecule has 15 heavy (non-hydrogen) atoms. The highest BCUT2D eigenvalue weighted by molar-refractivity contribution is 5.75. The maximum atomic E-state index is 13.4. The van der Waals surface area contributed by atoms with Gasteiger partial charge in [0.05, 0.1) is 13.0 Å². The smallest absolute Gasteiger partial charge is 0.307 e. The van der Waals surface area contributed by atoms with Crippen LogP contribution in [0.1, 0.15) is 17.9 Å². The molecule has 0 bridgehead atoms. The van der Waals surface area contributed by atoms with Gasteiger partial charge in [-0.3, -0.25) is 4.79 Å². The zero-order valence-electron chi connectivity index (χ0n) is 8.24. The highest BCUT2D eigenvalue weighted by atomic mass is 19.1. The van der Waals surface area contributed by atoms with Crippen LogP contribution in [0.2, 0.25) is 0 Å². The Morgan fingerprint density at radius 1 is 1.60 bits per heavy atom. The molecule has 2 rings (SSSR count). The maximum absolute atomic E-state index is 13.4. The van der Waals surface area contributed by atoms with Gasteiger partial charge in [0, 0.05) is 5.92 Å². The minimum atomic E-state index is -0.859. The summed E-state index contributed by atoms with van der Waals surface area (Å²) in [6, 6.07) is 4.41. The normalized spacial score (nSPS) is 23.6. The molecule has 0 spiro atoms. The van der Waals surface area contributed by atoms with Gasteiger partial charge >= 0.3 is 5.97 Å². The van der Waals surface area contributed by atoms with E-state index in [9.17, 15) is 9.18 Å². The van der Waals surface area contributed by atoms with Crippen LogP contribution in [0.3, 0.4) is 0 Å². The summed E-state index contributed by atoms with van der Waals surface area (Å²) in [4.78, 5) is 10.7. The van der Waals surface area contributed by atoms with E-state index in [4.69, 9.17) is 9.84 Å². The topological polar surface area (TPSA) is 46.5 Å². The summed E-state index contributed by atoms with van der Waals surface area (Å²) in [5.74, 6) is -1.29. The third-order valence-corrected chi connectivity index (χ3v) is 2.71. The number of carbonyl (C=O) groups is 1. The van der Waals surface area contributed by atoms with Gasteiger partial charge in [-0.2, -0.15) is 0 Å². The lowest BCUT2D eigenvalue weighted by atomic mass is 10.1. The van der Waals surface area contributed by atoms with Crippen LogP contribution in [0.5, 0.6) is 5.75 Å². The van der Waals surface area contributed by atoms with Crippen molar-refractivity contribution >= 4 is 5.97 Å². The molecule has 4 heteroatoms. The minimum Gasteiger partial charge on any atom is -0.497 e. The van der Waals surface area contributed by atoms with E-state index in [0.717, 1.165) is 0 Å². The Morgan fingerprint density at radius 3 is 2.87 bits per heavy atom. The molecule has 0 saturated heterocycles. The molecule has 1 aromatic rings. The zero-order chi connectivity index (χ0) is 11.0. The highest BCUT2D eigenvalue weighted by Gasteiger charge is 2.45. The van der Waals surface area contributed by atoms with Crippen LogP contribution < -0.4 is 4.74 Å². The van der Waals surface area contributed by atoms with Crippen molar-refractivity contribution in [2.75, 3.05) is 7.11 Å². The molecule has 1 fully saturated rings. The molecule has 3 nitrogen and oxygen atoms in total. The average molecular weight is 210 g/mol. The van der Waals surface area contributed by atoms with Crippen molar-refractivity contribution in [2.45, 2.75) is 12.3 Å². The minimum absolute atomic E-state index is 0.197. The molecule has 0 aromatic heterocycles. The molecule has 1 aliphatic rings. The van der Waals surface area contributed by atoms with Gasteiger partial charge in [-0.1, -0.05) is 0 Å². The summed E-state index contributed by atoms with van der Waals surface area (Å²) < 4.78 is 18.4. The lowest BCUT2D eigenvalue weighted by molar-refractivity contribution is -0.138. The first kappa shape index (κ1) is 9.96. The van der Waals surface area contributed by atoms with E-state index in [1.807, 2.05) is 0 Å². The first-order valence-corrected chi connectivity index (χ1v) is 4.69. The molecule has 1 unspecified atom stereocenters. The molecule has 0 heterocycles. The number of ether oxygens (including phenoxy) is 1. The van der Waals surface area contributed by atoms with Crippen molar-refractivity contribution in [3.63, 3.8) is 0 Å². The molecule has 0 amide bonds. The summed E-state index contributed by atoms with van der Waals surface area (Å²) in [6.07, 6.45) is 0.513. The van der Waals surface area contributed by atoms with Crippen molar-refractivity contribution in [2.24, 2.45) is 5.92 Å². The summed E-state index contributed by atoms with van der Waals surface area (Å²) in [7, 11) is 1.50. The van der Waals surface area contributed by atoms with Gasteiger partial charge < -0.3 is 9.84 Å². The first-order chi connectivity index (χ1) is 7.13. The van der Waals surface area contributed by atoms with Gasteiger partial charge in [-0.15, -0.1) is 0 Å². The SMILES string of the molecule is COc1ccc(F)c(C2C[C@H]2C(=O)O)c1. The second-order valence-electron chi connectivity index (χ2n) is 3.67. The number of rotatable bonds is 3. The first-order valence-electron chi connectivity index (χ1n) is 4.69. The third-order valence-electron chi connectivity index (χ3n) is 2.71. The van der Waals surface area contributed by atoms with E-state index in [1.54, 1.807) is 6.07 Å². The van der Waals surface area contributed by atoms with E-state index < -0.39 is 11.9 Å². The Bertz CT molecular complexity index is 403. The fourth-order valence-corrected chi connectivity index (χ4v) is 1.74. The van der Waals surface area contributed by atoms with Gasteiger partial charge in [0.1, 0.15) is 11.6 Å². The zero-order valence-corrected chi connectivity index (χ0v) is 8.24. The number of benzene rings is 1. The lowest BCUT2D eigenvalue weighted by Crippen LogP contribution is -2.00. The van der Waals surface area contributed by atoms with Crippen molar-refractivity contribution in [1.82, 2.24) is 0 Å². The van der Waals surface area contributed by atoms with Crippen molar-refractivity contribution in [1.29, 1.82) is 0 Å². The largest absolute Gasteiger partial charge is 0.497 e. The molecule has 80 valence electrons. The lowest BCUT2D eigenvalue weighted by Gasteiger charge is -2.04. The van der Waals surface area contributed by atoms with E-state index in [-0.39, 0.29) is 11.7 Å². The number of methoxy groups -OCH3 is 1. The number of hydrogen-bond donors (Lipinski definition) is 1. The predicted octanol–water partition coefficient (Wildman–Crippen LogP) is 2.02. The number of carboxylic acids is 1. The Kier molecular flexibility index (Phi) is 2.34. The molecule has 1 saturated carbocycles. The molecule has 0 aliphatic heterocycles. The molecule has 0 radical (unpaired) electrons. The summed E-state index contributed by atoms with van der Waals surface area (Å²) >= 11 is 0. The van der Waals surface area contributed by atoms with Crippen LogP contribution >= 0.6 is 0 Å². The number of hydrogen-bond acceptors (Lipinski definition) is 2. The molecule has 1 aromatic carbocycles. The monoisotopic (exact) mass is 210 g/mol. The maximum Gasteiger partial charge on any atom is 0.307 e. The van der Waals surface area contributed by atoms with Gasteiger partial charge in [0.15, 0.2) is 0 Å². The van der Waals surface area contributed by atoms with Crippen LogP contribution in [0.4, 0.5) is 4.39 Å². The third kappa shape index (κ3) is 1.79. The van der Waals surface area contributed by atoms with E-state index in [2.05, 4.69) is 0 Å². The number of aliphatic carboxylic acids is 1. The second-order valence-corrected chi connectivity index (χ2v) is 3.67. The summed E-state index contributed by atoms with van der Waals surface area (Å²) in [6.45, 7) is 0. The molecule has 1 aliphatic carbocycles. The second kappa shape index (κ2) is 3.53.